The number of carbonyl (C=O) groups is 1. The number of aryl methyl sites for hydroxylation is 2. The molecule has 0 saturated carbocycles. The lowest BCUT2D eigenvalue weighted by atomic mass is 9.89. The van der Waals surface area contributed by atoms with Crippen LogP contribution < -0.4 is 5.32 Å². The summed E-state index contributed by atoms with van der Waals surface area (Å²) in [4.78, 5) is 14.6. The van der Waals surface area contributed by atoms with E-state index in [9.17, 15) is 4.79 Å². The number of benzene rings is 2. The number of hydrogen-bond acceptors (Lipinski definition) is 2. The Hall–Kier alpha value is -2.13. The SMILES string of the molecule is CC(NC(=O)c1ccc(CN(C)C)cc1)c1ccc2c(c1)CCCC2. The first-order valence-corrected chi connectivity index (χ1v) is 9.19. The van der Waals surface area contributed by atoms with E-state index >= 15 is 0 Å². The van der Waals surface area contributed by atoms with Gasteiger partial charge in [-0.15, -0.1) is 0 Å². The summed E-state index contributed by atoms with van der Waals surface area (Å²) in [5.74, 6) is -0.0124. The minimum Gasteiger partial charge on any atom is -0.346 e. The fourth-order valence-electron chi connectivity index (χ4n) is 3.51. The predicted molar refractivity (Wildman–Crippen MR) is 103 cm³/mol. The van der Waals surface area contributed by atoms with Crippen molar-refractivity contribution in [1.29, 1.82) is 0 Å². The van der Waals surface area contributed by atoms with Gasteiger partial charge in [0.2, 0.25) is 0 Å². The minimum atomic E-state index is -0.0124. The Morgan fingerprint density at radius 3 is 2.40 bits per heavy atom. The van der Waals surface area contributed by atoms with Crippen molar-refractivity contribution >= 4 is 5.91 Å². The van der Waals surface area contributed by atoms with Crippen molar-refractivity contribution in [2.75, 3.05) is 14.1 Å². The van der Waals surface area contributed by atoms with Crippen LogP contribution in [0.1, 0.15) is 58.4 Å². The lowest BCUT2D eigenvalue weighted by Crippen LogP contribution is -2.26. The summed E-state index contributed by atoms with van der Waals surface area (Å²) < 4.78 is 0. The molecular weight excluding hydrogens is 308 g/mol. The second-order valence-electron chi connectivity index (χ2n) is 7.37. The third-order valence-electron chi connectivity index (χ3n) is 4.94. The van der Waals surface area contributed by atoms with Crippen molar-refractivity contribution in [3.63, 3.8) is 0 Å². The molecule has 2 aromatic rings. The van der Waals surface area contributed by atoms with Gasteiger partial charge in [-0.05, 0) is 81.1 Å². The molecule has 0 saturated heterocycles. The van der Waals surface area contributed by atoms with Crippen LogP contribution in [0.25, 0.3) is 0 Å². The number of amides is 1. The van der Waals surface area contributed by atoms with Crippen molar-refractivity contribution < 1.29 is 4.79 Å². The molecule has 0 bridgehead atoms. The summed E-state index contributed by atoms with van der Waals surface area (Å²) in [5.41, 5.74) is 6.05. The van der Waals surface area contributed by atoms with Gasteiger partial charge in [0, 0.05) is 12.1 Å². The highest BCUT2D eigenvalue weighted by molar-refractivity contribution is 5.94. The van der Waals surface area contributed by atoms with Gasteiger partial charge in [0.15, 0.2) is 0 Å². The minimum absolute atomic E-state index is 0.0124. The van der Waals surface area contributed by atoms with Crippen LogP contribution in [0.15, 0.2) is 42.5 Å². The first kappa shape index (κ1) is 17.7. The summed E-state index contributed by atoms with van der Waals surface area (Å²) in [7, 11) is 4.09. The van der Waals surface area contributed by atoms with E-state index in [-0.39, 0.29) is 11.9 Å². The second kappa shape index (κ2) is 7.83. The molecule has 2 aromatic carbocycles. The summed E-state index contributed by atoms with van der Waals surface area (Å²) in [5, 5.41) is 3.13. The van der Waals surface area contributed by atoms with Crippen molar-refractivity contribution in [1.82, 2.24) is 10.2 Å². The van der Waals surface area contributed by atoms with E-state index in [4.69, 9.17) is 0 Å². The van der Waals surface area contributed by atoms with E-state index in [1.165, 1.54) is 41.5 Å². The van der Waals surface area contributed by atoms with E-state index < -0.39 is 0 Å². The third-order valence-corrected chi connectivity index (χ3v) is 4.94. The zero-order valence-corrected chi connectivity index (χ0v) is 15.5. The van der Waals surface area contributed by atoms with Crippen molar-refractivity contribution in [3.8, 4) is 0 Å². The maximum Gasteiger partial charge on any atom is 0.251 e. The van der Waals surface area contributed by atoms with E-state index in [2.05, 4.69) is 35.3 Å². The van der Waals surface area contributed by atoms with Gasteiger partial charge in [-0.3, -0.25) is 4.79 Å². The van der Waals surface area contributed by atoms with Crippen LogP contribution in [0.4, 0.5) is 0 Å². The Balaban J connectivity index is 1.66. The zero-order chi connectivity index (χ0) is 17.8. The number of rotatable bonds is 5. The normalized spacial score (nSPS) is 14.9. The summed E-state index contributed by atoms with van der Waals surface area (Å²) in [6.07, 6.45) is 4.92. The van der Waals surface area contributed by atoms with Gasteiger partial charge in [-0.25, -0.2) is 0 Å². The molecule has 132 valence electrons. The van der Waals surface area contributed by atoms with Crippen LogP contribution in [0, 0.1) is 0 Å². The number of fused-ring (bicyclic) bond motifs is 1. The van der Waals surface area contributed by atoms with Crippen molar-refractivity contribution in [3.05, 3.63) is 70.3 Å². The molecule has 0 fully saturated rings. The van der Waals surface area contributed by atoms with Crippen LogP contribution >= 0.6 is 0 Å². The summed E-state index contributed by atoms with van der Waals surface area (Å²) in [6, 6.07) is 14.6. The van der Waals surface area contributed by atoms with Crippen molar-refractivity contribution in [2.24, 2.45) is 0 Å². The highest BCUT2D eigenvalue weighted by Crippen LogP contribution is 2.25. The summed E-state index contributed by atoms with van der Waals surface area (Å²) >= 11 is 0. The van der Waals surface area contributed by atoms with Crippen LogP contribution in [0.5, 0.6) is 0 Å². The average Bonchev–Trinajstić information content (AvgIpc) is 2.61. The Morgan fingerprint density at radius 1 is 1.04 bits per heavy atom. The monoisotopic (exact) mass is 336 g/mol. The molecule has 1 amide bonds. The molecule has 1 aliphatic carbocycles. The standard InChI is InChI=1S/C22H28N2O/c1-16(20-13-12-18-6-4-5-7-21(18)14-20)23-22(25)19-10-8-17(9-11-19)15-24(2)3/h8-14,16H,4-7,15H2,1-3H3,(H,23,25). The Morgan fingerprint density at radius 2 is 1.72 bits per heavy atom. The van der Waals surface area contributed by atoms with Crippen LogP contribution in [-0.2, 0) is 19.4 Å². The molecular formula is C22H28N2O. The van der Waals surface area contributed by atoms with E-state index in [0.29, 0.717) is 5.56 Å². The fourth-order valence-corrected chi connectivity index (χ4v) is 3.51. The molecule has 3 nitrogen and oxygen atoms in total. The Bertz CT molecular complexity index is 734. The fraction of sp³-hybridized carbons (Fsp3) is 0.409. The summed E-state index contributed by atoms with van der Waals surface area (Å²) in [6.45, 7) is 2.94. The number of nitrogens with zero attached hydrogens (tertiary/aromatic N) is 1. The molecule has 0 radical (unpaired) electrons. The predicted octanol–water partition coefficient (Wildman–Crippen LogP) is 4.12. The second-order valence-corrected chi connectivity index (χ2v) is 7.37. The first-order valence-electron chi connectivity index (χ1n) is 9.19. The van der Waals surface area contributed by atoms with Crippen LogP contribution in [0.2, 0.25) is 0 Å². The molecule has 0 heterocycles. The molecule has 3 heteroatoms. The molecule has 0 aliphatic heterocycles. The van der Waals surface area contributed by atoms with Crippen LogP contribution in [0.3, 0.4) is 0 Å². The molecule has 1 aliphatic rings. The van der Waals surface area contributed by atoms with E-state index in [1.54, 1.807) is 0 Å². The van der Waals surface area contributed by atoms with Gasteiger partial charge in [0.05, 0.1) is 6.04 Å². The smallest absolute Gasteiger partial charge is 0.251 e. The van der Waals surface area contributed by atoms with E-state index in [0.717, 1.165) is 13.0 Å². The maximum absolute atomic E-state index is 12.5. The van der Waals surface area contributed by atoms with Gasteiger partial charge in [-0.2, -0.15) is 0 Å². The molecule has 0 aromatic heterocycles. The van der Waals surface area contributed by atoms with Crippen molar-refractivity contribution in [2.45, 2.75) is 45.2 Å². The number of hydrogen-bond donors (Lipinski definition) is 1. The highest BCUT2D eigenvalue weighted by Gasteiger charge is 2.15. The highest BCUT2D eigenvalue weighted by atomic mass is 16.1. The molecule has 1 unspecified atom stereocenters. The van der Waals surface area contributed by atoms with Gasteiger partial charge < -0.3 is 10.2 Å². The molecule has 1 N–H and O–H groups in total. The zero-order valence-electron chi connectivity index (χ0n) is 15.5. The quantitative estimate of drug-likeness (QED) is 0.891. The van der Waals surface area contributed by atoms with Gasteiger partial charge in [0.25, 0.3) is 5.91 Å². The van der Waals surface area contributed by atoms with Gasteiger partial charge >= 0.3 is 0 Å². The van der Waals surface area contributed by atoms with Crippen LogP contribution in [-0.4, -0.2) is 24.9 Å². The largest absolute Gasteiger partial charge is 0.346 e. The number of nitrogens with one attached hydrogen (secondary N) is 1. The topological polar surface area (TPSA) is 32.3 Å². The van der Waals surface area contributed by atoms with Gasteiger partial charge in [0.1, 0.15) is 0 Å². The van der Waals surface area contributed by atoms with E-state index in [1.807, 2.05) is 38.4 Å². The lowest BCUT2D eigenvalue weighted by Gasteiger charge is -2.20. The molecule has 25 heavy (non-hydrogen) atoms. The third kappa shape index (κ3) is 4.49. The molecule has 0 spiro atoms. The average molecular weight is 336 g/mol. The lowest BCUT2D eigenvalue weighted by molar-refractivity contribution is 0.0940. The first-order chi connectivity index (χ1) is 12.0. The number of carbonyl (C=O) groups excluding carboxylic acids is 1. The Labute approximate surface area is 151 Å². The maximum atomic E-state index is 12.5. The molecule has 1 atom stereocenters. The Kier molecular flexibility index (Phi) is 5.54. The molecule has 3 rings (SSSR count). The van der Waals surface area contributed by atoms with Gasteiger partial charge in [-0.1, -0.05) is 30.3 Å².